The Morgan fingerprint density at radius 3 is 1.95 bits per heavy atom. The number of hydrogen-bond acceptors (Lipinski definition) is 6. The van der Waals surface area contributed by atoms with Crippen LogP contribution in [0.5, 0.6) is 0 Å². The minimum absolute atomic E-state index is 0.0715. The van der Waals surface area contributed by atoms with Gasteiger partial charge in [-0.1, -0.05) is 0 Å². The molecular formula is C14H21N2O5-. The number of hydrogen-bond donors (Lipinski definition) is 0. The lowest BCUT2D eigenvalue weighted by atomic mass is 9.75. The summed E-state index contributed by atoms with van der Waals surface area (Å²) < 4.78 is 0. The molecule has 2 aliphatic heterocycles. The van der Waals surface area contributed by atoms with Crippen molar-refractivity contribution in [3.63, 3.8) is 0 Å². The van der Waals surface area contributed by atoms with E-state index in [1.807, 2.05) is 0 Å². The quantitative estimate of drug-likeness (QED) is 0.715. The average Bonchev–Trinajstić information content (AvgIpc) is 2.66. The highest BCUT2D eigenvalue weighted by Crippen LogP contribution is 2.41. The van der Waals surface area contributed by atoms with Crippen LogP contribution in [0.15, 0.2) is 0 Å². The summed E-state index contributed by atoms with van der Waals surface area (Å²) in [6.07, 6.45) is 0.800. The first-order valence-electron chi connectivity index (χ1n) is 7.10. The number of hydroxylamine groups is 4. The van der Waals surface area contributed by atoms with Crippen LogP contribution < -0.4 is 0 Å². The minimum atomic E-state index is -0.704. The number of imide groups is 1. The number of piperidine rings is 1. The molecule has 2 fully saturated rings. The largest absolute Gasteiger partial charge is 0.784 e. The van der Waals surface area contributed by atoms with Gasteiger partial charge in [-0.25, -0.2) is 4.79 Å². The number of carbonyl (C=O) groups excluding carboxylic acids is 3. The van der Waals surface area contributed by atoms with Crippen molar-refractivity contribution in [1.29, 1.82) is 0 Å². The Labute approximate surface area is 123 Å². The number of rotatable bonds is 2. The molecule has 0 radical (unpaired) electrons. The molecule has 0 unspecified atom stereocenters. The molecule has 0 aromatic carbocycles. The fourth-order valence-corrected chi connectivity index (χ4v) is 3.25. The van der Waals surface area contributed by atoms with E-state index in [9.17, 15) is 19.6 Å². The monoisotopic (exact) mass is 297 g/mol. The standard InChI is InChI=1S/C14H21N2O5/c1-13(2)7-9(8-14(3,4)16(13)20)12(19)21-15-10(17)5-6-11(15)18/h9H,5-8H2,1-4H3/q-1. The van der Waals surface area contributed by atoms with E-state index in [-0.39, 0.29) is 12.8 Å². The van der Waals surface area contributed by atoms with E-state index in [1.165, 1.54) is 0 Å². The van der Waals surface area contributed by atoms with E-state index in [4.69, 9.17) is 4.84 Å². The third-order valence-corrected chi connectivity index (χ3v) is 4.11. The van der Waals surface area contributed by atoms with E-state index in [1.54, 1.807) is 27.7 Å². The number of amides is 2. The molecule has 0 saturated carbocycles. The van der Waals surface area contributed by atoms with Crippen LogP contribution in [0.3, 0.4) is 0 Å². The summed E-state index contributed by atoms with van der Waals surface area (Å²) >= 11 is 0. The lowest BCUT2D eigenvalue weighted by Crippen LogP contribution is -2.59. The molecule has 2 aliphatic rings. The van der Waals surface area contributed by atoms with Crippen LogP contribution >= 0.6 is 0 Å². The molecule has 0 aromatic rings. The van der Waals surface area contributed by atoms with Gasteiger partial charge in [-0.3, -0.25) is 9.59 Å². The van der Waals surface area contributed by atoms with Crippen LogP contribution in [0.25, 0.3) is 0 Å². The van der Waals surface area contributed by atoms with Crippen molar-refractivity contribution >= 4 is 17.8 Å². The Morgan fingerprint density at radius 2 is 1.52 bits per heavy atom. The van der Waals surface area contributed by atoms with E-state index in [0.29, 0.717) is 17.9 Å². The summed E-state index contributed by atoms with van der Waals surface area (Å²) in [5.74, 6) is -2.12. The van der Waals surface area contributed by atoms with Gasteiger partial charge in [0, 0.05) is 23.9 Å². The van der Waals surface area contributed by atoms with Gasteiger partial charge in [0.1, 0.15) is 0 Å². The van der Waals surface area contributed by atoms with Gasteiger partial charge >= 0.3 is 5.97 Å². The van der Waals surface area contributed by atoms with Crippen molar-refractivity contribution < 1.29 is 19.2 Å². The van der Waals surface area contributed by atoms with E-state index in [2.05, 4.69) is 0 Å². The van der Waals surface area contributed by atoms with E-state index < -0.39 is 34.8 Å². The molecule has 118 valence electrons. The Kier molecular flexibility index (Phi) is 3.84. The fraction of sp³-hybridized carbons (Fsp3) is 0.786. The lowest BCUT2D eigenvalue weighted by Gasteiger charge is -2.59. The van der Waals surface area contributed by atoms with Crippen LogP contribution in [0.4, 0.5) is 0 Å². The van der Waals surface area contributed by atoms with Crippen LogP contribution in [-0.2, 0) is 19.2 Å². The van der Waals surface area contributed by atoms with Crippen molar-refractivity contribution in [2.24, 2.45) is 5.92 Å². The topological polar surface area (TPSA) is 90.0 Å². The van der Waals surface area contributed by atoms with Gasteiger partial charge < -0.3 is 15.1 Å². The Balaban J connectivity index is 2.09. The minimum Gasteiger partial charge on any atom is -0.784 e. The molecular weight excluding hydrogens is 276 g/mol. The normalized spacial score (nSPS) is 26.2. The first-order chi connectivity index (χ1) is 9.54. The highest BCUT2D eigenvalue weighted by Gasteiger charge is 2.45. The van der Waals surface area contributed by atoms with Gasteiger partial charge in [0.25, 0.3) is 11.8 Å². The summed E-state index contributed by atoms with van der Waals surface area (Å²) in [5.41, 5.74) is -1.41. The Hall–Kier alpha value is -1.47. The lowest BCUT2D eigenvalue weighted by molar-refractivity contribution is -0.203. The van der Waals surface area contributed by atoms with Gasteiger partial charge in [0.2, 0.25) is 0 Å². The maximum absolute atomic E-state index is 12.2. The van der Waals surface area contributed by atoms with E-state index in [0.717, 1.165) is 5.06 Å². The first-order valence-corrected chi connectivity index (χ1v) is 7.10. The Bertz CT molecular complexity index is 452. The zero-order valence-electron chi connectivity index (χ0n) is 12.8. The molecule has 2 saturated heterocycles. The summed E-state index contributed by atoms with van der Waals surface area (Å²) in [7, 11) is 0. The molecule has 2 heterocycles. The second kappa shape index (κ2) is 5.06. The van der Waals surface area contributed by atoms with Gasteiger partial charge in [-0.2, -0.15) is 0 Å². The number of nitrogens with zero attached hydrogens (tertiary/aromatic N) is 2. The smallest absolute Gasteiger partial charge is 0.336 e. The predicted octanol–water partition coefficient (Wildman–Crippen LogP) is 1.36. The van der Waals surface area contributed by atoms with E-state index >= 15 is 0 Å². The summed E-state index contributed by atoms with van der Waals surface area (Å²) in [5, 5.41) is 13.8. The summed E-state index contributed by atoms with van der Waals surface area (Å²) in [6, 6.07) is 0. The summed E-state index contributed by atoms with van der Waals surface area (Å²) in [6.45, 7) is 7.08. The van der Waals surface area contributed by atoms with Crippen LogP contribution in [0.1, 0.15) is 53.4 Å². The molecule has 2 amide bonds. The molecule has 7 heteroatoms. The molecule has 21 heavy (non-hydrogen) atoms. The maximum Gasteiger partial charge on any atom is 0.336 e. The highest BCUT2D eigenvalue weighted by atomic mass is 16.7. The van der Waals surface area contributed by atoms with Crippen LogP contribution in [0, 0.1) is 11.1 Å². The molecule has 0 aromatic heterocycles. The van der Waals surface area contributed by atoms with Gasteiger partial charge in [0.05, 0.1) is 5.92 Å². The van der Waals surface area contributed by atoms with Crippen LogP contribution in [0.2, 0.25) is 0 Å². The molecule has 7 nitrogen and oxygen atoms in total. The second-order valence-corrected chi connectivity index (χ2v) is 7.02. The zero-order valence-corrected chi connectivity index (χ0v) is 12.8. The number of carbonyl (C=O) groups is 3. The average molecular weight is 297 g/mol. The van der Waals surface area contributed by atoms with Crippen molar-refractivity contribution in [3.05, 3.63) is 5.21 Å². The molecule has 0 atom stereocenters. The SMILES string of the molecule is CC1(C)CC(C(=O)ON2C(=O)CCC2=O)CC(C)(C)N1[O-]. The zero-order chi connectivity index (χ0) is 16.0. The highest BCUT2D eigenvalue weighted by molar-refractivity contribution is 6.01. The van der Waals surface area contributed by atoms with Crippen molar-refractivity contribution in [1.82, 2.24) is 10.1 Å². The maximum atomic E-state index is 12.2. The van der Waals surface area contributed by atoms with Gasteiger partial charge in [-0.05, 0) is 40.5 Å². The van der Waals surface area contributed by atoms with Crippen molar-refractivity contribution in [2.45, 2.75) is 64.5 Å². The van der Waals surface area contributed by atoms with Crippen molar-refractivity contribution in [3.8, 4) is 0 Å². The predicted molar refractivity (Wildman–Crippen MR) is 73.3 cm³/mol. The van der Waals surface area contributed by atoms with Gasteiger partial charge in [-0.15, -0.1) is 5.06 Å². The Morgan fingerprint density at radius 1 is 1.10 bits per heavy atom. The second-order valence-electron chi connectivity index (χ2n) is 7.02. The molecule has 0 spiro atoms. The third-order valence-electron chi connectivity index (χ3n) is 4.11. The fourth-order valence-electron chi connectivity index (χ4n) is 3.25. The third kappa shape index (κ3) is 2.94. The van der Waals surface area contributed by atoms with Crippen molar-refractivity contribution in [2.75, 3.05) is 0 Å². The molecule has 0 N–H and O–H groups in total. The van der Waals surface area contributed by atoms with Crippen LogP contribution in [-0.4, -0.2) is 39.0 Å². The van der Waals surface area contributed by atoms with Gasteiger partial charge in [0.15, 0.2) is 0 Å². The molecule has 0 aliphatic carbocycles. The molecule has 2 rings (SSSR count). The first kappa shape index (κ1) is 15.9. The molecule has 0 bridgehead atoms. The summed E-state index contributed by atoms with van der Waals surface area (Å²) in [4.78, 5) is 40.2.